The van der Waals surface area contributed by atoms with Crippen LogP contribution in [0.4, 0.5) is 17.1 Å². The Morgan fingerprint density at radius 2 is 1.82 bits per heavy atom. The standard InChI is InChI=1S/C20H22N4O4/c1-14-7-6-12-20(2,15-8-4-3-5-9-15)19(14)22-21-17-11-10-16(23(25)26)13-18(17)24(27)28/h3-5,8-11,13-14,21H,6-7,12H2,1-2H3/b22-19-/t14-,20-/m0/s1. The minimum atomic E-state index is -0.654. The molecule has 3 rings (SSSR count). The van der Waals surface area contributed by atoms with Crippen molar-refractivity contribution in [3.8, 4) is 0 Å². The molecule has 0 saturated heterocycles. The quantitative estimate of drug-likeness (QED) is 0.574. The van der Waals surface area contributed by atoms with Gasteiger partial charge >= 0.3 is 5.69 Å². The lowest BCUT2D eigenvalue weighted by Gasteiger charge is -2.39. The van der Waals surface area contributed by atoms with Gasteiger partial charge in [0.2, 0.25) is 0 Å². The van der Waals surface area contributed by atoms with E-state index in [4.69, 9.17) is 0 Å². The zero-order valence-electron chi connectivity index (χ0n) is 15.8. The lowest BCUT2D eigenvalue weighted by molar-refractivity contribution is -0.393. The van der Waals surface area contributed by atoms with E-state index < -0.39 is 9.85 Å². The average Bonchev–Trinajstić information content (AvgIpc) is 2.68. The third kappa shape index (κ3) is 3.71. The molecule has 0 unspecified atom stereocenters. The van der Waals surface area contributed by atoms with Gasteiger partial charge in [0.1, 0.15) is 5.69 Å². The van der Waals surface area contributed by atoms with Gasteiger partial charge in [-0.05, 0) is 30.4 Å². The summed E-state index contributed by atoms with van der Waals surface area (Å²) in [4.78, 5) is 21.0. The third-order valence-electron chi connectivity index (χ3n) is 5.44. The molecule has 0 bridgehead atoms. The van der Waals surface area contributed by atoms with Gasteiger partial charge in [-0.3, -0.25) is 25.7 Å². The number of hydrogen-bond donors (Lipinski definition) is 1. The summed E-state index contributed by atoms with van der Waals surface area (Å²) >= 11 is 0. The Hall–Kier alpha value is -3.29. The van der Waals surface area contributed by atoms with Gasteiger partial charge in [-0.25, -0.2) is 0 Å². The van der Waals surface area contributed by atoms with E-state index in [1.54, 1.807) is 0 Å². The molecule has 8 nitrogen and oxygen atoms in total. The summed E-state index contributed by atoms with van der Waals surface area (Å²) in [6.07, 6.45) is 3.00. The molecule has 1 N–H and O–H groups in total. The molecule has 0 radical (unpaired) electrons. The fraction of sp³-hybridized carbons (Fsp3) is 0.350. The minimum Gasteiger partial charge on any atom is -0.272 e. The second-order valence-electron chi connectivity index (χ2n) is 7.32. The van der Waals surface area contributed by atoms with E-state index in [0.29, 0.717) is 0 Å². The highest BCUT2D eigenvalue weighted by atomic mass is 16.6. The molecule has 28 heavy (non-hydrogen) atoms. The van der Waals surface area contributed by atoms with Crippen LogP contribution in [0.1, 0.15) is 38.7 Å². The Morgan fingerprint density at radius 3 is 2.46 bits per heavy atom. The van der Waals surface area contributed by atoms with Crippen LogP contribution in [0.3, 0.4) is 0 Å². The van der Waals surface area contributed by atoms with E-state index in [1.807, 2.05) is 18.2 Å². The summed E-state index contributed by atoms with van der Waals surface area (Å²) in [5.74, 6) is 0.212. The smallest absolute Gasteiger partial charge is 0.272 e. The number of nitrogens with zero attached hydrogens (tertiary/aromatic N) is 3. The van der Waals surface area contributed by atoms with E-state index in [-0.39, 0.29) is 28.4 Å². The molecule has 1 saturated carbocycles. The highest BCUT2D eigenvalue weighted by molar-refractivity contribution is 5.97. The second-order valence-corrected chi connectivity index (χ2v) is 7.32. The largest absolute Gasteiger partial charge is 0.301 e. The molecule has 8 heteroatoms. The number of hydrazone groups is 1. The van der Waals surface area contributed by atoms with Crippen LogP contribution in [-0.2, 0) is 5.41 Å². The molecule has 0 spiro atoms. The molecule has 1 aliphatic rings. The van der Waals surface area contributed by atoms with Gasteiger partial charge in [-0.15, -0.1) is 0 Å². The van der Waals surface area contributed by atoms with E-state index in [1.165, 1.54) is 12.1 Å². The predicted octanol–water partition coefficient (Wildman–Crippen LogP) is 5.05. The summed E-state index contributed by atoms with van der Waals surface area (Å²) in [5, 5.41) is 26.8. The third-order valence-corrected chi connectivity index (χ3v) is 5.44. The maximum atomic E-state index is 11.4. The first-order chi connectivity index (χ1) is 13.3. The summed E-state index contributed by atoms with van der Waals surface area (Å²) in [6.45, 7) is 4.24. The average molecular weight is 382 g/mol. The van der Waals surface area contributed by atoms with Gasteiger partial charge < -0.3 is 0 Å². The van der Waals surface area contributed by atoms with Gasteiger partial charge in [0, 0.05) is 11.5 Å². The highest BCUT2D eigenvalue weighted by Crippen LogP contribution is 2.40. The van der Waals surface area contributed by atoms with Crippen LogP contribution in [0.2, 0.25) is 0 Å². The van der Waals surface area contributed by atoms with Crippen LogP contribution in [0.25, 0.3) is 0 Å². The molecule has 0 heterocycles. The molecule has 0 aromatic heterocycles. The molecule has 1 aliphatic carbocycles. The van der Waals surface area contributed by atoms with E-state index in [0.717, 1.165) is 36.6 Å². The zero-order valence-corrected chi connectivity index (χ0v) is 15.8. The Morgan fingerprint density at radius 1 is 1.11 bits per heavy atom. The van der Waals surface area contributed by atoms with E-state index in [9.17, 15) is 20.2 Å². The number of nitrogens with one attached hydrogen (secondary N) is 1. The molecule has 2 aromatic rings. The highest BCUT2D eigenvalue weighted by Gasteiger charge is 2.38. The molecule has 146 valence electrons. The van der Waals surface area contributed by atoms with Crippen molar-refractivity contribution < 1.29 is 9.85 Å². The Bertz CT molecular complexity index is 929. The normalized spacial score (nSPS) is 23.4. The Labute approximate surface area is 162 Å². The van der Waals surface area contributed by atoms with Crippen LogP contribution in [0, 0.1) is 26.1 Å². The molecule has 1 fully saturated rings. The minimum absolute atomic E-state index is 0.135. The number of nitro groups is 2. The SMILES string of the molecule is C[C@H]1CCC[C@@](C)(c2ccccc2)/C1=N\Nc1ccc([N+](=O)[O-])cc1[N+](=O)[O-]. The number of hydrogen-bond acceptors (Lipinski definition) is 6. The monoisotopic (exact) mass is 382 g/mol. The Kier molecular flexibility index (Phi) is 5.39. The van der Waals surface area contributed by atoms with Crippen LogP contribution >= 0.6 is 0 Å². The van der Waals surface area contributed by atoms with Crippen molar-refractivity contribution in [1.82, 2.24) is 0 Å². The number of rotatable bonds is 5. The van der Waals surface area contributed by atoms with Crippen molar-refractivity contribution in [3.05, 3.63) is 74.3 Å². The molecule has 0 amide bonds. The van der Waals surface area contributed by atoms with Crippen molar-refractivity contribution in [3.63, 3.8) is 0 Å². The van der Waals surface area contributed by atoms with Gasteiger partial charge in [0.25, 0.3) is 5.69 Å². The maximum Gasteiger partial charge on any atom is 0.301 e. The molecular formula is C20H22N4O4. The van der Waals surface area contributed by atoms with Gasteiger partial charge in [0.15, 0.2) is 0 Å². The number of anilines is 1. The lowest BCUT2D eigenvalue weighted by Crippen LogP contribution is -2.41. The molecule has 2 aromatic carbocycles. The fourth-order valence-electron chi connectivity index (χ4n) is 3.90. The number of benzene rings is 2. The summed E-state index contributed by atoms with van der Waals surface area (Å²) in [6, 6.07) is 13.6. The number of nitro benzene ring substituents is 2. The first kappa shape index (κ1) is 19.5. The Balaban J connectivity index is 1.99. The number of non-ortho nitro benzene ring substituents is 1. The molecule has 0 aliphatic heterocycles. The zero-order chi connectivity index (χ0) is 20.3. The van der Waals surface area contributed by atoms with Crippen molar-refractivity contribution >= 4 is 22.8 Å². The van der Waals surface area contributed by atoms with Crippen LogP contribution in [-0.4, -0.2) is 15.6 Å². The summed E-state index contributed by atoms with van der Waals surface area (Å²) in [5.41, 5.74) is 4.05. The van der Waals surface area contributed by atoms with Gasteiger partial charge in [-0.1, -0.05) is 50.6 Å². The topological polar surface area (TPSA) is 111 Å². The van der Waals surface area contributed by atoms with Crippen LogP contribution in [0.15, 0.2) is 53.6 Å². The summed E-state index contributed by atoms with van der Waals surface area (Å²) < 4.78 is 0. The van der Waals surface area contributed by atoms with Crippen molar-refractivity contribution in [2.75, 3.05) is 5.43 Å². The molecule has 2 atom stereocenters. The fourth-order valence-corrected chi connectivity index (χ4v) is 3.90. The predicted molar refractivity (Wildman–Crippen MR) is 108 cm³/mol. The first-order valence-corrected chi connectivity index (χ1v) is 9.15. The van der Waals surface area contributed by atoms with E-state index in [2.05, 4.69) is 36.5 Å². The van der Waals surface area contributed by atoms with Crippen molar-refractivity contribution in [2.24, 2.45) is 11.0 Å². The van der Waals surface area contributed by atoms with E-state index >= 15 is 0 Å². The first-order valence-electron chi connectivity index (χ1n) is 9.15. The van der Waals surface area contributed by atoms with Gasteiger partial charge in [-0.2, -0.15) is 5.10 Å². The molecular weight excluding hydrogens is 360 g/mol. The lowest BCUT2D eigenvalue weighted by atomic mass is 9.66. The summed E-state index contributed by atoms with van der Waals surface area (Å²) in [7, 11) is 0. The van der Waals surface area contributed by atoms with Crippen LogP contribution < -0.4 is 5.43 Å². The van der Waals surface area contributed by atoms with Crippen molar-refractivity contribution in [2.45, 2.75) is 38.5 Å². The van der Waals surface area contributed by atoms with Crippen molar-refractivity contribution in [1.29, 1.82) is 0 Å². The van der Waals surface area contributed by atoms with Gasteiger partial charge in [0.05, 0.1) is 21.6 Å². The second kappa shape index (κ2) is 7.75. The maximum absolute atomic E-state index is 11.4. The van der Waals surface area contributed by atoms with Crippen LogP contribution in [0.5, 0.6) is 0 Å².